The summed E-state index contributed by atoms with van der Waals surface area (Å²) in [6.07, 6.45) is 3.73. The number of hydrogen-bond acceptors (Lipinski definition) is 2. The smallest absolute Gasteiger partial charge is 0.251 e. The first-order valence-corrected chi connectivity index (χ1v) is 7.63. The molecular formula is C13H13Br2NO2. The van der Waals surface area contributed by atoms with Crippen molar-refractivity contribution in [3.05, 3.63) is 32.7 Å². The summed E-state index contributed by atoms with van der Waals surface area (Å²) in [5, 5.41) is 3.08. The first-order valence-electron chi connectivity index (χ1n) is 6.04. The van der Waals surface area contributed by atoms with Gasteiger partial charge in [-0.15, -0.1) is 0 Å². The fourth-order valence-corrected chi connectivity index (χ4v) is 4.02. The molecule has 2 aliphatic heterocycles. The second kappa shape index (κ2) is 4.94. The third-order valence-electron chi connectivity index (χ3n) is 3.55. The molecule has 5 heteroatoms. The molecule has 0 spiro atoms. The molecule has 96 valence electrons. The topological polar surface area (TPSA) is 38.3 Å². The molecule has 1 aromatic carbocycles. The molecule has 1 aromatic rings. The quantitative estimate of drug-likeness (QED) is 0.862. The summed E-state index contributed by atoms with van der Waals surface area (Å²) >= 11 is 6.78. The lowest BCUT2D eigenvalue weighted by Crippen LogP contribution is -2.41. The number of fused-ring (bicyclic) bond motifs is 2. The second-order valence-electron chi connectivity index (χ2n) is 4.85. The van der Waals surface area contributed by atoms with E-state index < -0.39 is 0 Å². The van der Waals surface area contributed by atoms with E-state index in [1.54, 1.807) is 0 Å². The van der Waals surface area contributed by atoms with E-state index in [2.05, 4.69) is 37.2 Å². The average molecular weight is 375 g/mol. The van der Waals surface area contributed by atoms with Crippen LogP contribution in [0.1, 0.15) is 29.6 Å². The van der Waals surface area contributed by atoms with E-state index in [0.29, 0.717) is 11.7 Å². The van der Waals surface area contributed by atoms with E-state index >= 15 is 0 Å². The van der Waals surface area contributed by atoms with Crippen molar-refractivity contribution in [1.29, 1.82) is 0 Å². The van der Waals surface area contributed by atoms with Crippen LogP contribution in [0.15, 0.2) is 27.1 Å². The first-order chi connectivity index (χ1) is 8.61. The van der Waals surface area contributed by atoms with Gasteiger partial charge in [0.05, 0.1) is 18.2 Å². The minimum atomic E-state index is -0.0295. The van der Waals surface area contributed by atoms with Crippen LogP contribution in [0, 0.1) is 0 Å². The Kier molecular flexibility index (Phi) is 3.47. The van der Waals surface area contributed by atoms with Gasteiger partial charge in [0.25, 0.3) is 5.91 Å². The average Bonchev–Trinajstić information content (AvgIpc) is 2.89. The molecule has 3 rings (SSSR count). The highest BCUT2D eigenvalue weighted by Gasteiger charge is 2.41. The zero-order chi connectivity index (χ0) is 12.7. The molecule has 3 unspecified atom stereocenters. The van der Waals surface area contributed by atoms with Crippen molar-refractivity contribution in [3.63, 3.8) is 0 Å². The molecule has 2 bridgehead atoms. The van der Waals surface area contributed by atoms with Gasteiger partial charge < -0.3 is 10.1 Å². The van der Waals surface area contributed by atoms with Gasteiger partial charge in [0, 0.05) is 14.5 Å². The van der Waals surface area contributed by atoms with Crippen LogP contribution >= 0.6 is 31.9 Å². The standard InChI is InChI=1S/C13H13Br2NO2/c14-8-3-7(4-9(15)5-8)13(17)16-11-6-10-1-2-12(11)18-10/h3-5,10-12H,1-2,6H2,(H,16,17). The van der Waals surface area contributed by atoms with Crippen LogP contribution in [-0.4, -0.2) is 24.2 Å². The minimum absolute atomic E-state index is 0.0295. The van der Waals surface area contributed by atoms with Crippen molar-refractivity contribution in [1.82, 2.24) is 5.32 Å². The van der Waals surface area contributed by atoms with Crippen LogP contribution in [0.3, 0.4) is 0 Å². The van der Waals surface area contributed by atoms with E-state index in [1.165, 1.54) is 0 Å². The monoisotopic (exact) mass is 373 g/mol. The van der Waals surface area contributed by atoms with Crippen molar-refractivity contribution < 1.29 is 9.53 Å². The van der Waals surface area contributed by atoms with Gasteiger partial charge in [0.2, 0.25) is 0 Å². The van der Waals surface area contributed by atoms with Gasteiger partial charge in [-0.1, -0.05) is 31.9 Å². The molecule has 2 aliphatic rings. The lowest BCUT2D eigenvalue weighted by Gasteiger charge is -2.20. The van der Waals surface area contributed by atoms with Gasteiger partial charge in [-0.25, -0.2) is 0 Å². The van der Waals surface area contributed by atoms with Crippen LogP contribution in [0.4, 0.5) is 0 Å². The largest absolute Gasteiger partial charge is 0.373 e. The number of benzene rings is 1. The third kappa shape index (κ3) is 2.49. The molecule has 0 saturated carbocycles. The number of nitrogens with one attached hydrogen (secondary N) is 1. The summed E-state index contributed by atoms with van der Waals surface area (Å²) in [6, 6.07) is 5.74. The van der Waals surface area contributed by atoms with Crippen LogP contribution in [-0.2, 0) is 4.74 Å². The highest BCUT2D eigenvalue weighted by atomic mass is 79.9. The van der Waals surface area contributed by atoms with Gasteiger partial charge >= 0.3 is 0 Å². The highest BCUT2D eigenvalue weighted by molar-refractivity contribution is 9.11. The molecule has 2 saturated heterocycles. The number of ether oxygens (including phenoxy) is 1. The Labute approximate surface area is 123 Å². The number of halogens is 2. The summed E-state index contributed by atoms with van der Waals surface area (Å²) in [5.41, 5.74) is 0.666. The Morgan fingerprint density at radius 3 is 2.50 bits per heavy atom. The zero-order valence-corrected chi connectivity index (χ0v) is 12.8. The Balaban J connectivity index is 1.71. The minimum Gasteiger partial charge on any atom is -0.373 e. The molecule has 1 amide bonds. The molecule has 0 radical (unpaired) electrons. The number of carbonyl (C=O) groups excluding carboxylic acids is 1. The predicted molar refractivity (Wildman–Crippen MR) is 75.6 cm³/mol. The number of carbonyl (C=O) groups is 1. The number of hydrogen-bond donors (Lipinski definition) is 1. The second-order valence-corrected chi connectivity index (χ2v) is 6.68. The summed E-state index contributed by atoms with van der Waals surface area (Å²) in [4.78, 5) is 12.2. The van der Waals surface area contributed by atoms with Crippen LogP contribution in [0.25, 0.3) is 0 Å². The summed E-state index contributed by atoms with van der Waals surface area (Å²) in [7, 11) is 0. The Morgan fingerprint density at radius 2 is 1.94 bits per heavy atom. The summed E-state index contributed by atoms with van der Waals surface area (Å²) < 4.78 is 7.53. The Hall–Kier alpha value is -0.390. The molecule has 18 heavy (non-hydrogen) atoms. The zero-order valence-electron chi connectivity index (χ0n) is 9.66. The van der Waals surface area contributed by atoms with Crippen molar-refractivity contribution in [2.75, 3.05) is 0 Å². The normalized spacial score (nSPS) is 29.6. The number of rotatable bonds is 2. The van der Waals surface area contributed by atoms with Crippen LogP contribution < -0.4 is 5.32 Å². The Morgan fingerprint density at radius 1 is 1.22 bits per heavy atom. The molecule has 3 nitrogen and oxygen atoms in total. The predicted octanol–water partition coefficient (Wildman–Crippen LogP) is 3.26. The maximum atomic E-state index is 12.2. The van der Waals surface area contributed by atoms with Gasteiger partial charge in [-0.3, -0.25) is 4.79 Å². The van der Waals surface area contributed by atoms with Crippen molar-refractivity contribution in [3.8, 4) is 0 Å². The van der Waals surface area contributed by atoms with Gasteiger partial charge in [-0.05, 0) is 37.5 Å². The molecule has 0 aromatic heterocycles. The fraction of sp³-hybridized carbons (Fsp3) is 0.462. The Bertz CT molecular complexity index is 472. The molecule has 2 fully saturated rings. The highest BCUT2D eigenvalue weighted by Crippen LogP contribution is 2.34. The lowest BCUT2D eigenvalue weighted by molar-refractivity contribution is 0.0841. The van der Waals surface area contributed by atoms with E-state index in [1.807, 2.05) is 18.2 Å². The summed E-state index contributed by atoms with van der Waals surface area (Å²) in [6.45, 7) is 0. The maximum absolute atomic E-state index is 12.2. The summed E-state index contributed by atoms with van der Waals surface area (Å²) in [5.74, 6) is -0.0295. The molecular weight excluding hydrogens is 362 g/mol. The van der Waals surface area contributed by atoms with Crippen LogP contribution in [0.2, 0.25) is 0 Å². The molecule has 2 heterocycles. The third-order valence-corrected chi connectivity index (χ3v) is 4.46. The molecule has 1 N–H and O–H groups in total. The maximum Gasteiger partial charge on any atom is 0.251 e. The first kappa shape index (κ1) is 12.6. The van der Waals surface area contributed by atoms with Gasteiger partial charge in [-0.2, -0.15) is 0 Å². The lowest BCUT2D eigenvalue weighted by atomic mass is 9.95. The molecule has 3 atom stereocenters. The van der Waals surface area contributed by atoms with Crippen LogP contribution in [0.5, 0.6) is 0 Å². The van der Waals surface area contributed by atoms with Crippen molar-refractivity contribution >= 4 is 37.8 Å². The van der Waals surface area contributed by atoms with Crippen molar-refractivity contribution in [2.24, 2.45) is 0 Å². The van der Waals surface area contributed by atoms with Gasteiger partial charge in [0.1, 0.15) is 0 Å². The SMILES string of the molecule is O=C(NC1CC2CCC1O2)c1cc(Br)cc(Br)c1. The van der Waals surface area contributed by atoms with Gasteiger partial charge in [0.15, 0.2) is 0 Å². The van der Waals surface area contributed by atoms with E-state index in [0.717, 1.165) is 28.2 Å². The van der Waals surface area contributed by atoms with E-state index in [-0.39, 0.29) is 18.1 Å². The fourth-order valence-electron chi connectivity index (χ4n) is 2.73. The number of amides is 1. The molecule has 0 aliphatic carbocycles. The van der Waals surface area contributed by atoms with E-state index in [4.69, 9.17) is 4.74 Å². The van der Waals surface area contributed by atoms with Crippen molar-refractivity contribution in [2.45, 2.75) is 37.5 Å². The van der Waals surface area contributed by atoms with E-state index in [9.17, 15) is 4.79 Å².